The number of nitrogens with zero attached hydrogens (tertiary/aromatic N) is 1. The van der Waals surface area contributed by atoms with Gasteiger partial charge in [0.1, 0.15) is 23.4 Å². The molecule has 2 atom stereocenters. The molecule has 3 rings (SSSR count). The number of amides is 4. The molecule has 0 aliphatic rings. The molecular weight excluding hydrogens is 548 g/mol. The van der Waals surface area contributed by atoms with E-state index in [0.29, 0.717) is 24.1 Å². The second kappa shape index (κ2) is 14.5. The number of nitrogens with one attached hydrogen (secondary N) is 2. The van der Waals surface area contributed by atoms with Crippen LogP contribution in [-0.4, -0.2) is 52.0 Å². The molecule has 0 spiro atoms. The highest BCUT2D eigenvalue weighted by molar-refractivity contribution is 6.01. The Morgan fingerprint density at radius 3 is 2.35 bits per heavy atom. The predicted molar refractivity (Wildman–Crippen MR) is 166 cm³/mol. The lowest BCUT2D eigenvalue weighted by Crippen LogP contribution is -2.52. The minimum absolute atomic E-state index is 0.102. The van der Waals surface area contributed by atoms with Gasteiger partial charge in [0.2, 0.25) is 11.8 Å². The number of para-hydroxylation sites is 1. The number of ether oxygens (including phenoxy) is 1. The predicted octanol–water partition coefficient (Wildman–Crippen LogP) is 5.32. The fourth-order valence-corrected chi connectivity index (χ4v) is 4.72. The first-order valence-electron chi connectivity index (χ1n) is 14.5. The summed E-state index contributed by atoms with van der Waals surface area (Å²) in [5, 5.41) is 18.5. The molecule has 0 aliphatic carbocycles. The van der Waals surface area contributed by atoms with Crippen molar-refractivity contribution in [2.75, 3.05) is 11.9 Å². The highest BCUT2D eigenvalue weighted by Gasteiger charge is 2.37. The average molecular weight is 591 g/mol. The van der Waals surface area contributed by atoms with Gasteiger partial charge in [-0.3, -0.25) is 14.4 Å². The molecule has 2 unspecified atom stereocenters. The van der Waals surface area contributed by atoms with Crippen LogP contribution in [0.5, 0.6) is 5.75 Å². The molecule has 43 heavy (non-hydrogen) atoms. The van der Waals surface area contributed by atoms with Gasteiger partial charge in [0.05, 0.1) is 0 Å². The van der Waals surface area contributed by atoms with Crippen LogP contribution in [0.3, 0.4) is 0 Å². The monoisotopic (exact) mass is 590 g/mol. The second-order valence-electron chi connectivity index (χ2n) is 11.6. The lowest BCUT2D eigenvalue weighted by atomic mass is 9.98. The number of carbonyl (C=O) groups is 4. The highest BCUT2D eigenvalue weighted by Crippen LogP contribution is 2.34. The number of phenolic OH excluding ortho intramolecular Hbond substituents is 1. The number of rotatable bonds is 12. The van der Waals surface area contributed by atoms with Crippen molar-refractivity contribution in [3.05, 3.63) is 71.8 Å². The molecule has 3 aromatic carbocycles. The van der Waals surface area contributed by atoms with Crippen LogP contribution in [0.15, 0.2) is 60.7 Å². The van der Waals surface area contributed by atoms with Crippen LogP contribution in [0.2, 0.25) is 0 Å². The van der Waals surface area contributed by atoms with Crippen molar-refractivity contribution in [1.82, 2.24) is 10.2 Å². The van der Waals surface area contributed by atoms with Crippen molar-refractivity contribution >= 4 is 40.3 Å². The van der Waals surface area contributed by atoms with Gasteiger partial charge in [0.15, 0.2) is 0 Å². The van der Waals surface area contributed by atoms with E-state index in [1.807, 2.05) is 43.3 Å². The number of unbranched alkanes of at least 4 members (excludes halogenated alkanes) is 1. The maximum Gasteiger partial charge on any atom is 0.408 e. The first-order valence-corrected chi connectivity index (χ1v) is 14.5. The van der Waals surface area contributed by atoms with Crippen molar-refractivity contribution in [3.8, 4) is 5.75 Å². The van der Waals surface area contributed by atoms with Crippen LogP contribution in [0.25, 0.3) is 10.8 Å². The summed E-state index contributed by atoms with van der Waals surface area (Å²) >= 11 is 0. The summed E-state index contributed by atoms with van der Waals surface area (Å²) in [6.07, 6.45) is 0.106. The Kier molecular flexibility index (Phi) is 11.1. The molecule has 0 bridgehead atoms. The standard InChI is InChI=1S/C33H42N4O6/c1-6-7-19-37(31(41)26(17-18-27(34)38)36-32(42)43-33(3,4)5)28(25-14-10-11-21(2)29(25)39)30(40)35-24-16-15-22-12-8-9-13-23(22)20-24/h8-16,20,26,28,39H,6-7,17-19H2,1-5H3,(H2,34,38)(H,35,40)(H,36,42). The highest BCUT2D eigenvalue weighted by atomic mass is 16.6. The van der Waals surface area contributed by atoms with E-state index < -0.39 is 41.5 Å². The number of carbonyl (C=O) groups excluding carboxylic acids is 4. The molecule has 0 radical (unpaired) electrons. The zero-order valence-corrected chi connectivity index (χ0v) is 25.5. The summed E-state index contributed by atoms with van der Waals surface area (Å²) in [6, 6.07) is 15.7. The van der Waals surface area contributed by atoms with Crippen LogP contribution in [0.1, 0.15) is 70.5 Å². The molecule has 0 heterocycles. The van der Waals surface area contributed by atoms with Crippen molar-refractivity contribution < 1.29 is 29.0 Å². The largest absolute Gasteiger partial charge is 0.507 e. The van der Waals surface area contributed by atoms with Gasteiger partial charge in [-0.1, -0.05) is 61.9 Å². The Morgan fingerprint density at radius 2 is 1.70 bits per heavy atom. The first-order chi connectivity index (χ1) is 20.3. The van der Waals surface area contributed by atoms with Crippen LogP contribution in [0.4, 0.5) is 10.5 Å². The SMILES string of the molecule is CCCCN(C(=O)C(CCC(N)=O)NC(=O)OC(C)(C)C)C(C(=O)Nc1ccc2ccccc2c1)c1cccc(C)c1O. The van der Waals surface area contributed by atoms with Gasteiger partial charge in [-0.2, -0.15) is 0 Å². The molecule has 0 aromatic heterocycles. The number of fused-ring (bicyclic) bond motifs is 1. The van der Waals surface area contributed by atoms with Crippen molar-refractivity contribution in [2.45, 2.75) is 78.0 Å². The normalized spacial score (nSPS) is 12.7. The molecule has 10 heteroatoms. The summed E-state index contributed by atoms with van der Waals surface area (Å²) in [7, 11) is 0. The molecule has 4 amide bonds. The number of alkyl carbamates (subject to hydrolysis) is 1. The Morgan fingerprint density at radius 1 is 1.00 bits per heavy atom. The van der Waals surface area contributed by atoms with Crippen molar-refractivity contribution in [1.29, 1.82) is 0 Å². The third-order valence-electron chi connectivity index (χ3n) is 6.84. The van der Waals surface area contributed by atoms with Gasteiger partial charge in [0, 0.05) is 24.2 Å². The fourth-order valence-electron chi connectivity index (χ4n) is 4.72. The molecule has 3 aromatic rings. The van der Waals surface area contributed by atoms with E-state index in [1.54, 1.807) is 52.0 Å². The van der Waals surface area contributed by atoms with Gasteiger partial charge < -0.3 is 31.1 Å². The van der Waals surface area contributed by atoms with Crippen LogP contribution in [-0.2, 0) is 19.1 Å². The molecule has 230 valence electrons. The fraction of sp³-hybridized carbons (Fsp3) is 0.394. The Labute approximate surface area is 252 Å². The van der Waals surface area contributed by atoms with Crippen molar-refractivity contribution in [2.24, 2.45) is 5.73 Å². The van der Waals surface area contributed by atoms with Gasteiger partial charge >= 0.3 is 6.09 Å². The summed E-state index contributed by atoms with van der Waals surface area (Å²) in [5.74, 6) is -1.93. The minimum atomic E-state index is -1.26. The molecule has 0 fully saturated rings. The smallest absolute Gasteiger partial charge is 0.408 e. The Hall–Kier alpha value is -4.60. The van der Waals surface area contributed by atoms with Gasteiger partial charge in [-0.15, -0.1) is 0 Å². The van der Waals surface area contributed by atoms with E-state index in [-0.39, 0.29) is 30.7 Å². The number of hydrogen-bond acceptors (Lipinski definition) is 6. The Bertz CT molecular complexity index is 1470. The van der Waals surface area contributed by atoms with E-state index in [1.165, 1.54) is 4.90 Å². The lowest BCUT2D eigenvalue weighted by molar-refractivity contribution is -0.141. The molecule has 10 nitrogen and oxygen atoms in total. The Balaban J connectivity index is 2.07. The third kappa shape index (κ3) is 9.19. The van der Waals surface area contributed by atoms with E-state index in [4.69, 9.17) is 10.5 Å². The third-order valence-corrected chi connectivity index (χ3v) is 6.84. The lowest BCUT2D eigenvalue weighted by Gasteiger charge is -2.35. The topological polar surface area (TPSA) is 151 Å². The maximum atomic E-state index is 14.2. The molecular formula is C33H42N4O6. The second-order valence-corrected chi connectivity index (χ2v) is 11.6. The minimum Gasteiger partial charge on any atom is -0.507 e. The van der Waals surface area contributed by atoms with Gasteiger partial charge in [0.25, 0.3) is 5.91 Å². The van der Waals surface area contributed by atoms with E-state index in [2.05, 4.69) is 10.6 Å². The summed E-state index contributed by atoms with van der Waals surface area (Å²) in [5.41, 5.74) is 5.83. The summed E-state index contributed by atoms with van der Waals surface area (Å²) in [4.78, 5) is 54.1. The number of benzene rings is 3. The molecule has 0 aliphatic heterocycles. The van der Waals surface area contributed by atoms with Crippen LogP contribution in [0, 0.1) is 6.92 Å². The quantitative estimate of drug-likeness (QED) is 0.224. The number of aryl methyl sites for hydroxylation is 1. The summed E-state index contributed by atoms with van der Waals surface area (Å²) in [6.45, 7) is 8.85. The first kappa shape index (κ1) is 32.9. The average Bonchev–Trinajstić information content (AvgIpc) is 2.93. The number of nitrogens with two attached hydrogens (primary N) is 1. The zero-order chi connectivity index (χ0) is 31.7. The summed E-state index contributed by atoms with van der Waals surface area (Å²) < 4.78 is 5.37. The number of hydrogen-bond donors (Lipinski definition) is 4. The number of primary amides is 1. The van der Waals surface area contributed by atoms with Crippen LogP contribution >= 0.6 is 0 Å². The van der Waals surface area contributed by atoms with E-state index in [0.717, 1.165) is 10.8 Å². The number of aromatic hydroxyl groups is 1. The van der Waals surface area contributed by atoms with Gasteiger partial charge in [-0.05, 0) is 69.0 Å². The van der Waals surface area contributed by atoms with Gasteiger partial charge in [-0.25, -0.2) is 4.79 Å². The number of anilines is 1. The van der Waals surface area contributed by atoms with E-state index in [9.17, 15) is 24.3 Å². The maximum absolute atomic E-state index is 14.2. The molecule has 0 saturated heterocycles. The zero-order valence-electron chi connectivity index (χ0n) is 25.5. The molecule has 0 saturated carbocycles. The molecule has 5 N–H and O–H groups in total. The van der Waals surface area contributed by atoms with Crippen LogP contribution < -0.4 is 16.4 Å². The van der Waals surface area contributed by atoms with E-state index >= 15 is 0 Å². The number of phenols is 1. The van der Waals surface area contributed by atoms with Crippen molar-refractivity contribution in [3.63, 3.8) is 0 Å².